The molecule has 4 atom stereocenters. The molecule has 13 heteroatoms. The van der Waals surface area contributed by atoms with Gasteiger partial charge < -0.3 is 27.7 Å². The molecule has 0 saturated carbocycles. The van der Waals surface area contributed by atoms with Crippen LogP contribution in [-0.4, -0.2) is 67.7 Å². The van der Waals surface area contributed by atoms with Gasteiger partial charge in [-0.1, -0.05) is 54.6 Å². The Morgan fingerprint density at radius 1 is 0.868 bits per heavy atom. The number of hydrogen-bond acceptors (Lipinski definition) is 9. The number of nitrogens with zero attached hydrogens (tertiary/aromatic N) is 2. The number of benzene rings is 3. The zero-order valence-electron chi connectivity index (χ0n) is 32.5. The maximum atomic E-state index is 13.2. The second-order valence-electron chi connectivity index (χ2n) is 14.8. The van der Waals surface area contributed by atoms with Gasteiger partial charge in [-0.25, -0.2) is 9.46 Å². The Kier molecular flexibility index (Phi) is 13.2. The van der Waals surface area contributed by atoms with Gasteiger partial charge in [-0.2, -0.15) is 0 Å². The number of aryl methyl sites for hydroxylation is 1. The van der Waals surface area contributed by atoms with Gasteiger partial charge in [-0.3, -0.25) is 14.3 Å². The maximum absolute atomic E-state index is 13.2. The standard InChI is InChI=1S/C40H54N3O8PSi/c1-27(2)43(28(3)4)52(51-53(8,9)10)50-35-24-37(42-25-29(5)38(44)41-39(42)45)49-36(35)26-48-40(30-14-12-11-13-15-30,31-16-20-33(46-6)21-17-31)32-18-22-34(47-7)23-19-32/h11-23,25,27-28,35-37H,24,26H2,1-10H3,(H,41,44,45)/t35-,36+,37+,52?/m0/s1. The topological polar surface area (TPSA) is 113 Å². The highest BCUT2D eigenvalue weighted by molar-refractivity contribution is 7.46. The molecule has 1 saturated heterocycles. The first kappa shape index (κ1) is 40.6. The molecule has 0 amide bonds. The lowest BCUT2D eigenvalue weighted by molar-refractivity contribution is -0.0921. The first-order valence-electron chi connectivity index (χ1n) is 18.1. The van der Waals surface area contributed by atoms with Gasteiger partial charge in [0.1, 0.15) is 29.4 Å². The molecule has 1 fully saturated rings. The SMILES string of the molecule is COc1ccc(C(OC[C@H]2O[C@@H](n3cc(C)c(=O)[nH]c3=O)C[C@@H]2OP(O[Si](C)(C)C)N(C(C)C)C(C)C)(c2ccccc2)c2ccc(OC)cc2)cc1. The molecule has 11 nitrogen and oxygen atoms in total. The van der Waals surface area contributed by atoms with E-state index in [9.17, 15) is 9.59 Å². The molecule has 0 aliphatic carbocycles. The predicted octanol–water partition coefficient (Wildman–Crippen LogP) is 7.74. The van der Waals surface area contributed by atoms with Gasteiger partial charge in [0.15, 0.2) is 8.32 Å². The monoisotopic (exact) mass is 763 g/mol. The van der Waals surface area contributed by atoms with E-state index in [-0.39, 0.29) is 18.7 Å². The minimum absolute atomic E-state index is 0.0880. The van der Waals surface area contributed by atoms with Crippen LogP contribution < -0.4 is 20.7 Å². The Morgan fingerprint density at radius 2 is 1.40 bits per heavy atom. The lowest BCUT2D eigenvalue weighted by Crippen LogP contribution is -2.41. The molecule has 3 aromatic carbocycles. The lowest BCUT2D eigenvalue weighted by Gasteiger charge is -2.40. The molecule has 0 spiro atoms. The molecule has 53 heavy (non-hydrogen) atoms. The highest BCUT2D eigenvalue weighted by Gasteiger charge is 2.45. The molecule has 0 radical (unpaired) electrons. The Bertz CT molecular complexity index is 1840. The van der Waals surface area contributed by atoms with E-state index in [4.69, 9.17) is 27.7 Å². The molecule has 4 aromatic rings. The summed E-state index contributed by atoms with van der Waals surface area (Å²) in [6, 6.07) is 26.1. The second kappa shape index (κ2) is 17.2. The van der Waals surface area contributed by atoms with Crippen LogP contribution in [-0.2, 0) is 23.8 Å². The molecule has 1 aliphatic rings. The zero-order chi connectivity index (χ0) is 38.5. The molecule has 286 valence electrons. The molecule has 0 bridgehead atoms. The van der Waals surface area contributed by atoms with E-state index in [0.717, 1.165) is 28.2 Å². The first-order chi connectivity index (χ1) is 25.2. The third kappa shape index (κ3) is 9.37. The highest BCUT2D eigenvalue weighted by atomic mass is 31.2. The number of aromatic nitrogens is 2. The van der Waals surface area contributed by atoms with E-state index in [0.29, 0.717) is 12.0 Å². The van der Waals surface area contributed by atoms with Gasteiger partial charge in [0.05, 0.1) is 26.9 Å². The van der Waals surface area contributed by atoms with Crippen molar-refractivity contribution in [2.45, 2.75) is 96.8 Å². The summed E-state index contributed by atoms with van der Waals surface area (Å²) < 4.78 is 42.6. The van der Waals surface area contributed by atoms with E-state index >= 15 is 0 Å². The van der Waals surface area contributed by atoms with Crippen molar-refractivity contribution in [2.24, 2.45) is 0 Å². The minimum Gasteiger partial charge on any atom is -0.497 e. The van der Waals surface area contributed by atoms with Gasteiger partial charge in [0, 0.05) is 30.3 Å². The fraction of sp³-hybridized carbons (Fsp3) is 0.450. The summed E-state index contributed by atoms with van der Waals surface area (Å²) in [7, 11) is -0.341. The molecule has 1 aliphatic heterocycles. The van der Waals surface area contributed by atoms with Crippen molar-refractivity contribution >= 4 is 16.8 Å². The quantitative estimate of drug-likeness (QED) is 0.0696. The van der Waals surface area contributed by atoms with Crippen molar-refractivity contribution in [1.82, 2.24) is 14.2 Å². The van der Waals surface area contributed by atoms with Crippen LogP contribution in [0.5, 0.6) is 11.5 Å². The fourth-order valence-electron chi connectivity index (χ4n) is 6.66. The van der Waals surface area contributed by atoms with Crippen molar-refractivity contribution in [3.05, 3.63) is 128 Å². The van der Waals surface area contributed by atoms with Crippen LogP contribution in [0.15, 0.2) is 94.6 Å². The van der Waals surface area contributed by atoms with Crippen LogP contribution >= 0.6 is 8.53 Å². The Hall–Kier alpha value is -3.61. The zero-order valence-corrected chi connectivity index (χ0v) is 34.4. The first-order valence-corrected chi connectivity index (χ1v) is 22.6. The summed E-state index contributed by atoms with van der Waals surface area (Å²) in [5, 5.41) is 0. The van der Waals surface area contributed by atoms with Gasteiger partial charge in [-0.05, 0) is 95.2 Å². The largest absolute Gasteiger partial charge is 0.497 e. The third-order valence-corrected chi connectivity index (χ3v) is 13.7. The second-order valence-corrected chi connectivity index (χ2v) is 20.9. The molecule has 5 rings (SSSR count). The normalized spacial score (nSPS) is 18.5. The number of nitrogens with one attached hydrogen (secondary N) is 1. The fourth-order valence-corrected chi connectivity index (χ4v) is 10.4. The van der Waals surface area contributed by atoms with Gasteiger partial charge in [0.25, 0.3) is 5.56 Å². The Morgan fingerprint density at radius 3 is 1.89 bits per heavy atom. The molecule has 1 N–H and O–H groups in total. The van der Waals surface area contributed by atoms with Crippen LogP contribution in [0.2, 0.25) is 19.6 Å². The summed E-state index contributed by atoms with van der Waals surface area (Å²) in [6.45, 7) is 16.8. The van der Waals surface area contributed by atoms with Gasteiger partial charge >= 0.3 is 5.69 Å². The number of aromatic amines is 1. The van der Waals surface area contributed by atoms with Gasteiger partial charge in [0.2, 0.25) is 8.53 Å². The summed E-state index contributed by atoms with van der Waals surface area (Å²) in [6.07, 6.45) is 0.00292. The molecular weight excluding hydrogens is 710 g/mol. The van der Waals surface area contributed by atoms with E-state index in [1.807, 2.05) is 78.9 Å². The number of hydrogen-bond donors (Lipinski definition) is 1. The van der Waals surface area contributed by atoms with E-state index in [1.54, 1.807) is 27.3 Å². The van der Waals surface area contributed by atoms with Crippen LogP contribution in [0.3, 0.4) is 0 Å². The predicted molar refractivity (Wildman–Crippen MR) is 211 cm³/mol. The third-order valence-electron chi connectivity index (χ3n) is 9.10. The van der Waals surface area contributed by atoms with Crippen LogP contribution in [0.25, 0.3) is 0 Å². The van der Waals surface area contributed by atoms with Crippen molar-refractivity contribution in [2.75, 3.05) is 20.8 Å². The van der Waals surface area contributed by atoms with Crippen LogP contribution in [0, 0.1) is 6.92 Å². The summed E-state index contributed by atoms with van der Waals surface area (Å²) >= 11 is 0. The summed E-state index contributed by atoms with van der Waals surface area (Å²) in [5.41, 5.74) is 0.993. The highest BCUT2D eigenvalue weighted by Crippen LogP contribution is 2.52. The van der Waals surface area contributed by atoms with Crippen LogP contribution in [0.4, 0.5) is 0 Å². The van der Waals surface area contributed by atoms with Crippen LogP contribution in [0.1, 0.15) is 62.6 Å². The van der Waals surface area contributed by atoms with E-state index < -0.39 is 52.1 Å². The summed E-state index contributed by atoms with van der Waals surface area (Å²) in [5.74, 6) is 1.44. The van der Waals surface area contributed by atoms with Crippen molar-refractivity contribution in [1.29, 1.82) is 0 Å². The number of H-pyrrole nitrogens is 1. The number of methoxy groups -OCH3 is 2. The number of ether oxygens (including phenoxy) is 4. The average Bonchev–Trinajstić information content (AvgIpc) is 3.51. The van der Waals surface area contributed by atoms with Crippen molar-refractivity contribution < 1.29 is 27.7 Å². The summed E-state index contributed by atoms with van der Waals surface area (Å²) in [4.78, 5) is 27.9. The van der Waals surface area contributed by atoms with Gasteiger partial charge in [-0.15, -0.1) is 0 Å². The van der Waals surface area contributed by atoms with Crippen molar-refractivity contribution in [3.8, 4) is 11.5 Å². The minimum atomic E-state index is -2.09. The molecular formula is C40H54N3O8PSi. The number of rotatable bonds is 16. The Labute approximate surface area is 315 Å². The molecule has 1 aromatic heterocycles. The molecule has 1 unspecified atom stereocenters. The maximum Gasteiger partial charge on any atom is 0.330 e. The van der Waals surface area contributed by atoms with Crippen molar-refractivity contribution in [3.63, 3.8) is 0 Å². The molecule has 2 heterocycles. The average molecular weight is 764 g/mol. The Balaban J connectivity index is 1.62. The van der Waals surface area contributed by atoms with E-state index in [2.05, 4.69) is 57.0 Å². The smallest absolute Gasteiger partial charge is 0.330 e. The lowest BCUT2D eigenvalue weighted by atomic mass is 9.80. The van der Waals surface area contributed by atoms with E-state index in [1.165, 1.54) is 4.57 Å².